The average molecular weight is 276 g/mol. The number of likely N-dealkylation sites (N-methyl/N-ethyl adjacent to an activating group) is 1. The van der Waals surface area contributed by atoms with E-state index in [0.717, 1.165) is 19.5 Å². The summed E-state index contributed by atoms with van der Waals surface area (Å²) in [5, 5.41) is 3.00. The fraction of sp³-hybridized carbons (Fsp3) is 0.923. The van der Waals surface area contributed by atoms with Crippen LogP contribution in [0, 0.1) is 0 Å². The van der Waals surface area contributed by atoms with Crippen molar-refractivity contribution in [3.63, 3.8) is 0 Å². The molecule has 0 amide bonds. The Morgan fingerprint density at radius 2 is 1.89 bits per heavy atom. The highest BCUT2D eigenvalue weighted by Gasteiger charge is 2.20. The smallest absolute Gasteiger partial charge is 0.324 e. The maximum atomic E-state index is 11.7. The molecule has 0 saturated heterocycles. The fourth-order valence-corrected chi connectivity index (χ4v) is 1.73. The number of nitrogens with zero attached hydrogens (tertiary/aromatic N) is 1. The summed E-state index contributed by atoms with van der Waals surface area (Å²) in [6.45, 7) is 5.85. The molecule has 0 spiro atoms. The van der Waals surface area contributed by atoms with Crippen molar-refractivity contribution in [2.45, 2.75) is 19.4 Å². The zero-order valence-electron chi connectivity index (χ0n) is 12.6. The van der Waals surface area contributed by atoms with Gasteiger partial charge in [0.2, 0.25) is 0 Å². The predicted octanol–water partition coefficient (Wildman–Crippen LogP) is 0.122. The van der Waals surface area contributed by atoms with E-state index in [9.17, 15) is 4.79 Å². The second-order valence-corrected chi connectivity index (χ2v) is 4.23. The van der Waals surface area contributed by atoms with E-state index >= 15 is 0 Å². The van der Waals surface area contributed by atoms with Gasteiger partial charge in [-0.3, -0.25) is 9.69 Å². The molecule has 0 radical (unpaired) electrons. The minimum Gasteiger partial charge on any atom is -0.465 e. The van der Waals surface area contributed by atoms with Crippen molar-refractivity contribution in [1.29, 1.82) is 0 Å². The molecular formula is C13H28N2O4. The number of carbonyl (C=O) groups is 1. The van der Waals surface area contributed by atoms with Crippen LogP contribution in [0.5, 0.6) is 0 Å². The molecule has 1 atom stereocenters. The van der Waals surface area contributed by atoms with Crippen LogP contribution >= 0.6 is 0 Å². The number of carbonyl (C=O) groups excluding carboxylic acids is 1. The van der Waals surface area contributed by atoms with E-state index in [2.05, 4.69) is 10.2 Å². The van der Waals surface area contributed by atoms with Gasteiger partial charge in [0, 0.05) is 40.5 Å². The van der Waals surface area contributed by atoms with Crippen molar-refractivity contribution >= 4 is 5.97 Å². The highest BCUT2D eigenvalue weighted by molar-refractivity contribution is 5.76. The molecule has 0 heterocycles. The topological polar surface area (TPSA) is 60.0 Å². The van der Waals surface area contributed by atoms with Crippen molar-refractivity contribution < 1.29 is 19.0 Å². The molecule has 0 aliphatic heterocycles. The van der Waals surface area contributed by atoms with Crippen LogP contribution in [0.15, 0.2) is 0 Å². The summed E-state index contributed by atoms with van der Waals surface area (Å²) in [5.41, 5.74) is 0. The van der Waals surface area contributed by atoms with Crippen LogP contribution in [0.2, 0.25) is 0 Å². The molecular weight excluding hydrogens is 248 g/mol. The minimum absolute atomic E-state index is 0.209. The van der Waals surface area contributed by atoms with E-state index in [4.69, 9.17) is 14.2 Å². The van der Waals surface area contributed by atoms with Gasteiger partial charge in [0.15, 0.2) is 0 Å². The van der Waals surface area contributed by atoms with Gasteiger partial charge in [-0.1, -0.05) is 0 Å². The molecule has 19 heavy (non-hydrogen) atoms. The quantitative estimate of drug-likeness (QED) is 0.404. The lowest BCUT2D eigenvalue weighted by molar-refractivity contribution is -0.146. The molecule has 114 valence electrons. The number of nitrogens with one attached hydrogen (secondary N) is 1. The number of methoxy groups -OCH3 is 2. The Balaban J connectivity index is 4.26. The monoisotopic (exact) mass is 276 g/mol. The Morgan fingerprint density at radius 1 is 1.21 bits per heavy atom. The van der Waals surface area contributed by atoms with Gasteiger partial charge in [0.25, 0.3) is 0 Å². The summed E-state index contributed by atoms with van der Waals surface area (Å²) in [7, 11) is 5.13. The Kier molecular flexibility index (Phi) is 11.9. The van der Waals surface area contributed by atoms with Gasteiger partial charge in [0.05, 0.1) is 13.2 Å². The maximum absolute atomic E-state index is 11.7. The summed E-state index contributed by atoms with van der Waals surface area (Å²) in [4.78, 5) is 13.9. The van der Waals surface area contributed by atoms with Gasteiger partial charge in [-0.2, -0.15) is 0 Å². The van der Waals surface area contributed by atoms with Crippen LogP contribution in [-0.2, 0) is 19.0 Å². The summed E-state index contributed by atoms with van der Waals surface area (Å²) >= 11 is 0. The first-order chi connectivity index (χ1) is 9.19. The first-order valence-electron chi connectivity index (χ1n) is 6.73. The van der Waals surface area contributed by atoms with E-state index in [1.807, 2.05) is 6.92 Å². The van der Waals surface area contributed by atoms with E-state index in [1.165, 1.54) is 0 Å². The second-order valence-electron chi connectivity index (χ2n) is 4.23. The molecule has 0 saturated carbocycles. The highest BCUT2D eigenvalue weighted by Crippen LogP contribution is 1.98. The molecule has 1 N–H and O–H groups in total. The van der Waals surface area contributed by atoms with Crippen molar-refractivity contribution in [2.75, 3.05) is 60.7 Å². The summed E-state index contributed by atoms with van der Waals surface area (Å²) in [6.07, 6.45) is 0.930. The van der Waals surface area contributed by atoms with Crippen LogP contribution in [0.25, 0.3) is 0 Å². The zero-order valence-corrected chi connectivity index (χ0v) is 12.6. The number of esters is 1. The molecule has 0 bridgehead atoms. The Morgan fingerprint density at radius 3 is 2.42 bits per heavy atom. The summed E-state index contributed by atoms with van der Waals surface area (Å²) in [5.74, 6) is -0.209. The summed E-state index contributed by atoms with van der Waals surface area (Å²) in [6, 6.07) is -0.306. The zero-order chi connectivity index (χ0) is 14.5. The lowest BCUT2D eigenvalue weighted by Gasteiger charge is -2.26. The molecule has 0 aliphatic rings. The molecule has 0 aromatic rings. The highest BCUT2D eigenvalue weighted by atomic mass is 16.5. The molecule has 0 aromatic heterocycles. The van der Waals surface area contributed by atoms with Crippen molar-refractivity contribution in [2.24, 2.45) is 0 Å². The third-order valence-corrected chi connectivity index (χ3v) is 2.79. The SMILES string of the molecule is CCOC(=O)C(CN(CCCOC)CCOC)NC. The normalized spacial score (nSPS) is 12.7. The molecule has 6 nitrogen and oxygen atoms in total. The van der Waals surface area contributed by atoms with Crippen LogP contribution < -0.4 is 5.32 Å². The van der Waals surface area contributed by atoms with Crippen LogP contribution in [-0.4, -0.2) is 77.6 Å². The largest absolute Gasteiger partial charge is 0.465 e. The lowest BCUT2D eigenvalue weighted by atomic mass is 10.2. The van der Waals surface area contributed by atoms with Gasteiger partial charge in [-0.15, -0.1) is 0 Å². The van der Waals surface area contributed by atoms with E-state index in [0.29, 0.717) is 26.4 Å². The number of hydrogen-bond acceptors (Lipinski definition) is 6. The Labute approximate surface area is 116 Å². The third kappa shape index (κ3) is 8.93. The third-order valence-electron chi connectivity index (χ3n) is 2.79. The van der Waals surface area contributed by atoms with Crippen LogP contribution in [0.4, 0.5) is 0 Å². The van der Waals surface area contributed by atoms with Gasteiger partial charge >= 0.3 is 5.97 Å². The average Bonchev–Trinajstić information content (AvgIpc) is 2.41. The van der Waals surface area contributed by atoms with Crippen LogP contribution in [0.3, 0.4) is 0 Å². The first kappa shape index (κ1) is 18.3. The Bertz CT molecular complexity index is 227. The number of ether oxygens (including phenoxy) is 3. The van der Waals surface area contributed by atoms with Gasteiger partial charge in [-0.25, -0.2) is 0 Å². The standard InChI is InChI=1S/C13H28N2O4/c1-5-19-13(16)12(14-2)11-15(8-10-18-4)7-6-9-17-3/h12,14H,5-11H2,1-4H3. The van der Waals surface area contributed by atoms with E-state index < -0.39 is 0 Å². The van der Waals surface area contributed by atoms with Crippen molar-refractivity contribution in [3.8, 4) is 0 Å². The first-order valence-corrected chi connectivity index (χ1v) is 6.73. The van der Waals surface area contributed by atoms with E-state index in [1.54, 1.807) is 21.3 Å². The fourth-order valence-electron chi connectivity index (χ4n) is 1.73. The van der Waals surface area contributed by atoms with Crippen molar-refractivity contribution in [1.82, 2.24) is 10.2 Å². The molecule has 0 aromatic carbocycles. The lowest BCUT2D eigenvalue weighted by Crippen LogP contribution is -2.46. The molecule has 0 aliphatic carbocycles. The van der Waals surface area contributed by atoms with Gasteiger partial charge in [-0.05, 0) is 20.4 Å². The van der Waals surface area contributed by atoms with Gasteiger partial charge < -0.3 is 19.5 Å². The Hall–Kier alpha value is -0.690. The molecule has 6 heteroatoms. The minimum atomic E-state index is -0.306. The van der Waals surface area contributed by atoms with Crippen molar-refractivity contribution in [3.05, 3.63) is 0 Å². The maximum Gasteiger partial charge on any atom is 0.324 e. The molecule has 1 unspecified atom stereocenters. The van der Waals surface area contributed by atoms with Crippen LogP contribution in [0.1, 0.15) is 13.3 Å². The second kappa shape index (κ2) is 12.3. The summed E-state index contributed by atoms with van der Waals surface area (Å²) < 4.78 is 15.2. The van der Waals surface area contributed by atoms with E-state index in [-0.39, 0.29) is 12.0 Å². The number of hydrogen-bond donors (Lipinski definition) is 1. The van der Waals surface area contributed by atoms with Gasteiger partial charge in [0.1, 0.15) is 6.04 Å². The molecule has 0 fully saturated rings. The molecule has 0 rings (SSSR count). The predicted molar refractivity (Wildman–Crippen MR) is 74.3 cm³/mol. The number of rotatable bonds is 12.